The first kappa shape index (κ1) is 28.1. The summed E-state index contributed by atoms with van der Waals surface area (Å²) < 4.78 is 34.6. The van der Waals surface area contributed by atoms with Gasteiger partial charge in [-0.05, 0) is 43.2 Å². The number of Topliss-reactive ketones (excluding diaryl/α,β-unsaturated/α-hetero) is 1. The number of urea groups is 1. The van der Waals surface area contributed by atoms with Crippen LogP contribution in [0.25, 0.3) is 5.69 Å². The van der Waals surface area contributed by atoms with E-state index < -0.39 is 29.8 Å². The number of hydrogen-bond acceptors (Lipinski definition) is 7. The van der Waals surface area contributed by atoms with Crippen molar-refractivity contribution >= 4 is 17.6 Å². The van der Waals surface area contributed by atoms with E-state index in [1.165, 1.54) is 10.7 Å². The van der Waals surface area contributed by atoms with Gasteiger partial charge in [-0.2, -0.15) is 5.06 Å². The molecule has 2 heterocycles. The molecule has 12 heteroatoms. The molecule has 2 aromatic carbocycles. The molecule has 208 valence electrons. The third kappa shape index (κ3) is 6.77. The normalized spacial score (nSPS) is 17.3. The smallest absolute Gasteiger partial charge is 0.320 e. The van der Waals surface area contributed by atoms with Gasteiger partial charge in [0.1, 0.15) is 18.5 Å². The number of aliphatic hydroxyl groups excluding tert-OH is 1. The third-order valence-electron chi connectivity index (χ3n) is 6.26. The summed E-state index contributed by atoms with van der Waals surface area (Å²) in [6.07, 6.45) is -0.201. The van der Waals surface area contributed by atoms with Crippen molar-refractivity contribution in [1.82, 2.24) is 20.2 Å². The van der Waals surface area contributed by atoms with Crippen molar-refractivity contribution in [1.29, 1.82) is 0 Å². The van der Waals surface area contributed by atoms with Crippen molar-refractivity contribution in [3.63, 3.8) is 0 Å². The highest BCUT2D eigenvalue weighted by Crippen LogP contribution is 2.31. The number of para-hydroxylation sites is 1. The van der Waals surface area contributed by atoms with E-state index in [4.69, 9.17) is 14.7 Å². The number of halogens is 2. The van der Waals surface area contributed by atoms with Crippen molar-refractivity contribution in [2.24, 2.45) is 0 Å². The van der Waals surface area contributed by atoms with Crippen LogP contribution in [0.4, 0.5) is 19.4 Å². The largest absolute Gasteiger partial charge is 0.468 e. The summed E-state index contributed by atoms with van der Waals surface area (Å²) in [5.74, 6) is -1.65. The first-order valence-electron chi connectivity index (χ1n) is 12.6. The van der Waals surface area contributed by atoms with Crippen molar-refractivity contribution < 1.29 is 33.1 Å². The van der Waals surface area contributed by atoms with E-state index >= 15 is 0 Å². The SMILES string of the molecule is CCN1C[C@@H](NC(=O)Nc2c(C)c(OCC(=O)CCCO)nn2-c2ccccc2)[C@H](c2ccc(F)c(F)c2)O1. The van der Waals surface area contributed by atoms with Crippen molar-refractivity contribution in [2.45, 2.75) is 38.8 Å². The lowest BCUT2D eigenvalue weighted by Gasteiger charge is -2.19. The Morgan fingerprint density at radius 1 is 1.18 bits per heavy atom. The van der Waals surface area contributed by atoms with Gasteiger partial charge in [-0.25, -0.2) is 18.3 Å². The number of carbonyl (C=O) groups excluding carboxylic acids is 2. The number of hydroxylamine groups is 2. The van der Waals surface area contributed by atoms with Crippen LogP contribution in [0, 0.1) is 18.6 Å². The van der Waals surface area contributed by atoms with Crippen LogP contribution < -0.4 is 15.4 Å². The number of nitrogens with one attached hydrogen (secondary N) is 2. The Hall–Kier alpha value is -3.87. The number of hydrogen-bond donors (Lipinski definition) is 3. The molecular formula is C27H31F2N5O5. The fourth-order valence-electron chi connectivity index (χ4n) is 4.22. The van der Waals surface area contributed by atoms with E-state index in [2.05, 4.69) is 15.7 Å². The summed E-state index contributed by atoms with van der Waals surface area (Å²) in [6.45, 7) is 4.13. The van der Waals surface area contributed by atoms with E-state index in [1.807, 2.05) is 25.1 Å². The molecule has 2 atom stereocenters. The number of nitrogens with zero attached hydrogens (tertiary/aromatic N) is 3. The molecule has 1 saturated heterocycles. The van der Waals surface area contributed by atoms with Crippen LogP contribution >= 0.6 is 0 Å². The monoisotopic (exact) mass is 543 g/mol. The summed E-state index contributed by atoms with van der Waals surface area (Å²) in [5.41, 5.74) is 1.54. The molecule has 2 amide bonds. The zero-order valence-corrected chi connectivity index (χ0v) is 21.7. The molecule has 10 nitrogen and oxygen atoms in total. The van der Waals surface area contributed by atoms with Gasteiger partial charge in [-0.15, -0.1) is 5.10 Å². The topological polar surface area (TPSA) is 118 Å². The molecule has 1 aliphatic heterocycles. The molecule has 0 saturated carbocycles. The molecule has 0 unspecified atom stereocenters. The Bertz CT molecular complexity index is 1300. The minimum absolute atomic E-state index is 0.0877. The lowest BCUT2D eigenvalue weighted by Crippen LogP contribution is -2.42. The average molecular weight is 544 g/mol. The van der Waals surface area contributed by atoms with Crippen LogP contribution in [0.5, 0.6) is 5.88 Å². The Labute approximate surface area is 224 Å². The molecule has 3 N–H and O–H groups in total. The van der Waals surface area contributed by atoms with E-state index in [0.29, 0.717) is 42.1 Å². The van der Waals surface area contributed by atoms with Gasteiger partial charge in [-0.3, -0.25) is 14.9 Å². The number of aliphatic hydroxyl groups is 1. The summed E-state index contributed by atoms with van der Waals surface area (Å²) in [4.78, 5) is 31.1. The van der Waals surface area contributed by atoms with Crippen LogP contribution in [0.2, 0.25) is 0 Å². The van der Waals surface area contributed by atoms with Gasteiger partial charge < -0.3 is 15.2 Å². The molecule has 0 aliphatic carbocycles. The summed E-state index contributed by atoms with van der Waals surface area (Å²) in [7, 11) is 0. The predicted molar refractivity (Wildman–Crippen MR) is 138 cm³/mol. The molecule has 1 fully saturated rings. The number of rotatable bonds is 11. The number of likely N-dealkylation sites (N-methyl/N-ethyl adjacent to an activating group) is 1. The number of benzene rings is 2. The van der Waals surface area contributed by atoms with Gasteiger partial charge in [0, 0.05) is 26.1 Å². The van der Waals surface area contributed by atoms with Gasteiger partial charge in [0.2, 0.25) is 5.88 Å². The van der Waals surface area contributed by atoms with Gasteiger partial charge in [0.15, 0.2) is 17.4 Å². The lowest BCUT2D eigenvalue weighted by atomic mass is 10.0. The van der Waals surface area contributed by atoms with Crippen LogP contribution in [0.3, 0.4) is 0 Å². The minimum atomic E-state index is -1.00. The van der Waals surface area contributed by atoms with Gasteiger partial charge >= 0.3 is 6.03 Å². The number of amides is 2. The first-order chi connectivity index (χ1) is 18.8. The molecule has 0 radical (unpaired) electrons. The number of carbonyl (C=O) groups is 2. The average Bonchev–Trinajstić information content (AvgIpc) is 3.48. The van der Waals surface area contributed by atoms with Crippen molar-refractivity contribution in [3.8, 4) is 11.6 Å². The number of aromatic nitrogens is 2. The van der Waals surface area contributed by atoms with E-state index in [9.17, 15) is 18.4 Å². The predicted octanol–water partition coefficient (Wildman–Crippen LogP) is 3.68. The van der Waals surface area contributed by atoms with Crippen LogP contribution in [0.15, 0.2) is 48.5 Å². The van der Waals surface area contributed by atoms with E-state index in [1.54, 1.807) is 24.1 Å². The summed E-state index contributed by atoms with van der Waals surface area (Å²) >= 11 is 0. The fraction of sp³-hybridized carbons (Fsp3) is 0.370. The number of anilines is 1. The highest BCUT2D eigenvalue weighted by atomic mass is 19.2. The van der Waals surface area contributed by atoms with Crippen LogP contribution in [0.1, 0.15) is 37.0 Å². The van der Waals surface area contributed by atoms with Gasteiger partial charge in [0.05, 0.1) is 17.3 Å². The lowest BCUT2D eigenvalue weighted by molar-refractivity contribution is -0.144. The Balaban J connectivity index is 1.54. The van der Waals surface area contributed by atoms with Crippen LogP contribution in [-0.4, -0.2) is 64.1 Å². The second-order valence-corrected chi connectivity index (χ2v) is 9.07. The third-order valence-corrected chi connectivity index (χ3v) is 6.26. The molecule has 1 aliphatic rings. The number of ketones is 1. The second-order valence-electron chi connectivity index (χ2n) is 9.07. The van der Waals surface area contributed by atoms with Gasteiger partial charge in [0.25, 0.3) is 0 Å². The highest BCUT2D eigenvalue weighted by molar-refractivity contribution is 5.90. The highest BCUT2D eigenvalue weighted by Gasteiger charge is 2.36. The molecule has 1 aromatic heterocycles. The van der Waals surface area contributed by atoms with Crippen molar-refractivity contribution in [2.75, 3.05) is 31.6 Å². The fourth-order valence-corrected chi connectivity index (χ4v) is 4.22. The maximum absolute atomic E-state index is 13.9. The zero-order valence-electron chi connectivity index (χ0n) is 21.7. The molecule has 4 rings (SSSR count). The Kier molecular flexibility index (Phi) is 9.23. The minimum Gasteiger partial charge on any atom is -0.468 e. The van der Waals surface area contributed by atoms with Crippen LogP contribution in [-0.2, 0) is 9.63 Å². The molecule has 0 spiro atoms. The summed E-state index contributed by atoms with van der Waals surface area (Å²) in [5, 5.41) is 20.7. The standard InChI is InChI=1S/C27H31F2N5O5/c1-3-33-15-23(24(39-33)18-11-12-21(28)22(29)14-18)30-27(37)31-25-17(2)26(38-16-20(36)10-7-13-35)32-34(25)19-8-5-4-6-9-19/h4-6,8-9,11-12,14,23-24,35H,3,7,10,13,15-16H2,1-2H3,(H2,30,31,37)/t23-,24+/m1/s1. The molecule has 3 aromatic rings. The number of ether oxygens (including phenoxy) is 1. The maximum atomic E-state index is 13.9. The Morgan fingerprint density at radius 2 is 1.95 bits per heavy atom. The van der Waals surface area contributed by atoms with Gasteiger partial charge in [-0.1, -0.05) is 31.2 Å². The maximum Gasteiger partial charge on any atom is 0.320 e. The first-order valence-corrected chi connectivity index (χ1v) is 12.6. The quantitative estimate of drug-likeness (QED) is 0.338. The van der Waals surface area contributed by atoms with E-state index in [0.717, 1.165) is 12.1 Å². The second kappa shape index (κ2) is 12.8. The Morgan fingerprint density at radius 3 is 2.64 bits per heavy atom. The zero-order chi connectivity index (χ0) is 27.9. The molecular weight excluding hydrogens is 512 g/mol. The summed E-state index contributed by atoms with van der Waals surface area (Å²) in [6, 6.07) is 11.5. The molecule has 0 bridgehead atoms. The molecule has 39 heavy (non-hydrogen) atoms. The van der Waals surface area contributed by atoms with E-state index in [-0.39, 0.29) is 31.3 Å². The van der Waals surface area contributed by atoms with Crippen molar-refractivity contribution in [3.05, 3.63) is 71.3 Å².